The summed E-state index contributed by atoms with van der Waals surface area (Å²) in [5.74, 6) is 0. The van der Waals surface area contributed by atoms with Gasteiger partial charge < -0.3 is 0 Å². The third-order valence-corrected chi connectivity index (χ3v) is 12.0. The number of pyridine rings is 4. The van der Waals surface area contributed by atoms with Crippen molar-refractivity contribution >= 4 is 29.3 Å². The molecule has 0 aliphatic carbocycles. The van der Waals surface area contributed by atoms with Crippen LogP contribution >= 0.6 is 0 Å². The van der Waals surface area contributed by atoms with Gasteiger partial charge in [-0.25, -0.2) is 0 Å². The zero-order valence-corrected chi connectivity index (χ0v) is 26.7. The van der Waals surface area contributed by atoms with Gasteiger partial charge in [-0.1, -0.05) is 0 Å². The van der Waals surface area contributed by atoms with Gasteiger partial charge in [-0.05, 0) is 48.5 Å². The zero-order chi connectivity index (χ0) is 32.9. The molecule has 0 aliphatic rings. The zero-order valence-electron chi connectivity index (χ0n) is 25.7. The Bertz CT molecular complexity index is 2010. The van der Waals surface area contributed by atoms with Crippen LogP contribution < -0.4 is 21.3 Å². The van der Waals surface area contributed by atoms with Crippen molar-refractivity contribution < 1.29 is 0 Å². The van der Waals surface area contributed by atoms with Gasteiger partial charge in [0, 0.05) is 96.6 Å². The number of aromatic nitrogens is 12. The van der Waals surface area contributed by atoms with Gasteiger partial charge in [-0.3, -0.25) is 59.8 Å². The highest BCUT2D eigenvalue weighted by Crippen LogP contribution is 2.19. The maximum atomic E-state index is 5.29. The SMILES string of the molecule is c1cc(-c2cncc([Si](c3cncc(-c4ccncc4)n3)(c3cncc(-c4ccncc4)n3)c3cncc(-c4ccncc4)n3)n2)ccn1. The molecule has 0 spiro atoms. The Labute approximate surface area is 281 Å². The quantitative estimate of drug-likeness (QED) is 0.222. The maximum Gasteiger partial charge on any atom is 0.271 e. The van der Waals surface area contributed by atoms with Crippen LogP contribution in [-0.4, -0.2) is 67.9 Å². The van der Waals surface area contributed by atoms with E-state index in [-0.39, 0.29) is 0 Å². The summed E-state index contributed by atoms with van der Waals surface area (Å²) < 4.78 is 0. The lowest BCUT2D eigenvalue weighted by Gasteiger charge is -2.29. The lowest BCUT2D eigenvalue weighted by atomic mass is 10.2. The van der Waals surface area contributed by atoms with Gasteiger partial charge in [-0.2, -0.15) is 0 Å². The summed E-state index contributed by atoms with van der Waals surface area (Å²) in [6.07, 6.45) is 27.8. The van der Waals surface area contributed by atoms with Crippen molar-refractivity contribution in [1.29, 1.82) is 0 Å². The van der Waals surface area contributed by atoms with Gasteiger partial charge in [0.05, 0.1) is 68.8 Å². The predicted octanol–water partition coefficient (Wildman–Crippen LogP) is 2.47. The molecule has 0 N–H and O–H groups in total. The topological polar surface area (TPSA) is 155 Å². The summed E-state index contributed by atoms with van der Waals surface area (Å²) in [5, 5.41) is 2.52. The molecule has 0 amide bonds. The molecule has 232 valence electrons. The van der Waals surface area contributed by atoms with Crippen LogP contribution in [0.5, 0.6) is 0 Å². The molecule has 0 fully saturated rings. The number of hydrogen-bond acceptors (Lipinski definition) is 12. The highest BCUT2D eigenvalue weighted by molar-refractivity contribution is 7.18. The summed E-state index contributed by atoms with van der Waals surface area (Å²) in [7, 11) is -3.71. The third kappa shape index (κ3) is 5.70. The van der Waals surface area contributed by atoms with Crippen LogP contribution in [0.1, 0.15) is 0 Å². The molecule has 0 saturated carbocycles. The summed E-state index contributed by atoms with van der Waals surface area (Å²) in [6.45, 7) is 0. The van der Waals surface area contributed by atoms with Gasteiger partial charge in [0.2, 0.25) is 0 Å². The van der Waals surface area contributed by atoms with Gasteiger partial charge in [0.15, 0.2) is 0 Å². The van der Waals surface area contributed by atoms with Crippen LogP contribution in [0.15, 0.2) is 148 Å². The molecule has 0 radical (unpaired) electrons. The highest BCUT2D eigenvalue weighted by atomic mass is 28.3. The molecule has 49 heavy (non-hydrogen) atoms. The van der Waals surface area contributed by atoms with E-state index in [9.17, 15) is 0 Å². The number of hydrogen-bond donors (Lipinski definition) is 0. The average molecular weight is 653 g/mol. The van der Waals surface area contributed by atoms with E-state index in [0.717, 1.165) is 22.3 Å². The second-order valence-electron chi connectivity index (χ2n) is 10.9. The maximum absolute atomic E-state index is 5.29. The smallest absolute Gasteiger partial charge is 0.265 e. The molecule has 12 nitrogen and oxygen atoms in total. The fourth-order valence-electron chi connectivity index (χ4n) is 5.62. The Balaban J connectivity index is 1.47. The molecule has 8 rings (SSSR count). The van der Waals surface area contributed by atoms with E-state index in [4.69, 9.17) is 39.9 Å². The Morgan fingerprint density at radius 1 is 0.265 bits per heavy atom. The minimum atomic E-state index is -3.71. The molecule has 0 atom stereocenters. The number of rotatable bonds is 8. The predicted molar refractivity (Wildman–Crippen MR) is 185 cm³/mol. The van der Waals surface area contributed by atoms with Gasteiger partial charge in [0.1, 0.15) is 0 Å². The van der Waals surface area contributed by atoms with Crippen LogP contribution in [-0.2, 0) is 0 Å². The monoisotopic (exact) mass is 652 g/mol. The van der Waals surface area contributed by atoms with Crippen LogP contribution in [0.25, 0.3) is 45.0 Å². The second kappa shape index (κ2) is 13.1. The molecule has 0 bridgehead atoms. The average Bonchev–Trinajstić information content (AvgIpc) is 3.20. The van der Waals surface area contributed by atoms with Gasteiger partial charge in [0.25, 0.3) is 8.07 Å². The second-order valence-corrected chi connectivity index (χ2v) is 14.4. The van der Waals surface area contributed by atoms with Crippen molar-refractivity contribution in [3.8, 4) is 45.0 Å². The minimum absolute atomic E-state index is 0.630. The summed E-state index contributed by atoms with van der Waals surface area (Å²) in [6, 6.07) is 15.2. The molecule has 13 heteroatoms. The third-order valence-electron chi connectivity index (χ3n) is 7.98. The number of nitrogens with zero attached hydrogens (tertiary/aromatic N) is 12. The highest BCUT2D eigenvalue weighted by Gasteiger charge is 2.50. The van der Waals surface area contributed by atoms with E-state index in [1.54, 1.807) is 99.1 Å². The molecule has 0 aliphatic heterocycles. The Hall–Kier alpha value is -6.86. The normalized spacial score (nSPS) is 11.3. The Kier molecular flexibility index (Phi) is 7.89. The lowest BCUT2D eigenvalue weighted by molar-refractivity contribution is 1.18. The van der Waals surface area contributed by atoms with Crippen LogP contribution in [0.3, 0.4) is 0 Å². The summed E-state index contributed by atoms with van der Waals surface area (Å²) in [5.41, 5.74) is 6.07. The van der Waals surface area contributed by atoms with Crippen molar-refractivity contribution in [2.45, 2.75) is 0 Å². The van der Waals surface area contributed by atoms with Crippen molar-refractivity contribution in [3.05, 3.63) is 148 Å². The minimum Gasteiger partial charge on any atom is -0.265 e. The molecule has 0 aromatic carbocycles. The summed E-state index contributed by atoms with van der Waals surface area (Å²) >= 11 is 0. The molecule has 8 aromatic heterocycles. The molecule has 0 unspecified atom stereocenters. The van der Waals surface area contributed by atoms with Gasteiger partial charge >= 0.3 is 0 Å². The first-order chi connectivity index (χ1) is 24.3. The van der Waals surface area contributed by atoms with E-state index < -0.39 is 8.07 Å². The van der Waals surface area contributed by atoms with E-state index in [1.807, 2.05) is 48.5 Å². The van der Waals surface area contributed by atoms with Crippen LogP contribution in [0, 0.1) is 0 Å². The fourth-order valence-corrected chi connectivity index (χ4v) is 9.42. The first-order valence-electron chi connectivity index (χ1n) is 15.2. The first-order valence-corrected chi connectivity index (χ1v) is 17.2. The van der Waals surface area contributed by atoms with E-state index in [1.165, 1.54) is 0 Å². The fraction of sp³-hybridized carbons (Fsp3) is 0. The molecule has 8 heterocycles. The Morgan fingerprint density at radius 2 is 0.490 bits per heavy atom. The largest absolute Gasteiger partial charge is 0.271 e. The van der Waals surface area contributed by atoms with E-state index in [2.05, 4.69) is 19.9 Å². The van der Waals surface area contributed by atoms with Crippen molar-refractivity contribution in [2.75, 3.05) is 0 Å². The van der Waals surface area contributed by atoms with Crippen molar-refractivity contribution in [3.63, 3.8) is 0 Å². The van der Waals surface area contributed by atoms with Gasteiger partial charge in [-0.15, -0.1) is 0 Å². The van der Waals surface area contributed by atoms with Crippen LogP contribution in [0.4, 0.5) is 0 Å². The van der Waals surface area contributed by atoms with Crippen molar-refractivity contribution in [1.82, 2.24) is 59.8 Å². The lowest BCUT2D eigenvalue weighted by Crippen LogP contribution is -2.78. The van der Waals surface area contributed by atoms with Crippen molar-refractivity contribution in [2.24, 2.45) is 0 Å². The Morgan fingerprint density at radius 3 is 0.714 bits per heavy atom. The standard InChI is InChI=1S/C36H24N12Si/c1-9-37-10-2-25(1)29-17-41-21-33(45-29)49(34-22-42-18-30(46-34)26-3-11-38-12-4-26,35-23-43-19-31(47-35)27-5-13-39-14-6-27)36-24-44-20-32(48-36)28-7-15-40-16-8-28/h1-24H. The molecule has 8 aromatic rings. The summed E-state index contributed by atoms with van der Waals surface area (Å²) in [4.78, 5) is 56.8. The molecule has 0 saturated heterocycles. The molecular weight excluding hydrogens is 629 g/mol. The van der Waals surface area contributed by atoms with E-state index in [0.29, 0.717) is 44.0 Å². The molecular formula is C36H24N12Si. The van der Waals surface area contributed by atoms with Crippen LogP contribution in [0.2, 0.25) is 0 Å². The first kappa shape index (κ1) is 29.5. The van der Waals surface area contributed by atoms with E-state index >= 15 is 0 Å².